The summed E-state index contributed by atoms with van der Waals surface area (Å²) in [5.41, 5.74) is 2.02. The molecule has 0 bridgehead atoms. The number of nitrogens with zero attached hydrogens (tertiary/aromatic N) is 4. The predicted molar refractivity (Wildman–Crippen MR) is 105 cm³/mol. The Morgan fingerprint density at radius 3 is 2.46 bits per heavy atom. The molecular weight excluding hydrogens is 350 g/mol. The second kappa shape index (κ2) is 8.47. The van der Waals surface area contributed by atoms with E-state index >= 15 is 0 Å². The van der Waals surface area contributed by atoms with Crippen molar-refractivity contribution in [3.05, 3.63) is 47.5 Å². The van der Waals surface area contributed by atoms with E-state index < -0.39 is 0 Å². The van der Waals surface area contributed by atoms with Gasteiger partial charge in [-0.15, -0.1) is 0 Å². The number of halogens is 1. The number of nitrogens with one attached hydrogen (secondary N) is 1. The maximum Gasteiger partial charge on any atom is 0.277 e. The number of piperidine rings is 1. The van der Waals surface area contributed by atoms with Crippen LogP contribution in [0.4, 0.5) is 11.4 Å². The average Bonchev–Trinajstić information content (AvgIpc) is 2.63. The van der Waals surface area contributed by atoms with Crippen LogP contribution in [0.15, 0.2) is 36.7 Å². The lowest BCUT2D eigenvalue weighted by Crippen LogP contribution is -2.37. The highest BCUT2D eigenvalue weighted by atomic mass is 35.5. The summed E-state index contributed by atoms with van der Waals surface area (Å²) in [6.45, 7) is 3.29. The van der Waals surface area contributed by atoms with Crippen LogP contribution >= 0.6 is 11.6 Å². The van der Waals surface area contributed by atoms with E-state index in [0.717, 1.165) is 25.6 Å². The minimum atomic E-state index is -0.361. The monoisotopic (exact) mass is 373 g/mol. The first kappa shape index (κ1) is 18.6. The predicted octanol–water partition coefficient (Wildman–Crippen LogP) is 3.16. The first-order chi connectivity index (χ1) is 12.5. The maximum atomic E-state index is 12.2. The number of carbonyl (C=O) groups excluding carboxylic acids is 1. The molecule has 0 unspecified atom stereocenters. The SMILES string of the molecule is CN(C)CC1CCN(c2ccc(NC(=O)c3nccnc3Cl)cc2)CC1. The van der Waals surface area contributed by atoms with Crippen LogP contribution in [0.1, 0.15) is 23.3 Å². The standard InChI is InChI=1S/C19H24ClN5O/c1-24(2)13-14-7-11-25(12-8-14)16-5-3-15(4-6-16)23-19(26)17-18(20)22-10-9-21-17/h3-6,9-10,14H,7-8,11-13H2,1-2H3,(H,23,26). The zero-order valence-corrected chi connectivity index (χ0v) is 15.9. The van der Waals surface area contributed by atoms with Crippen molar-refractivity contribution in [3.63, 3.8) is 0 Å². The lowest BCUT2D eigenvalue weighted by molar-refractivity contribution is 0.102. The number of hydrogen-bond acceptors (Lipinski definition) is 5. The van der Waals surface area contributed by atoms with Crippen LogP contribution in [0.2, 0.25) is 5.15 Å². The van der Waals surface area contributed by atoms with E-state index in [0.29, 0.717) is 5.69 Å². The lowest BCUT2D eigenvalue weighted by Gasteiger charge is -2.34. The van der Waals surface area contributed by atoms with Gasteiger partial charge in [0.05, 0.1) is 0 Å². The smallest absolute Gasteiger partial charge is 0.277 e. The molecular formula is C19H24ClN5O. The largest absolute Gasteiger partial charge is 0.372 e. The highest BCUT2D eigenvalue weighted by Gasteiger charge is 2.20. The molecule has 0 atom stereocenters. The highest BCUT2D eigenvalue weighted by Crippen LogP contribution is 2.25. The molecule has 1 aliphatic heterocycles. The molecule has 0 radical (unpaired) electrons. The quantitative estimate of drug-likeness (QED) is 0.872. The van der Waals surface area contributed by atoms with Crippen LogP contribution in [0, 0.1) is 5.92 Å². The highest BCUT2D eigenvalue weighted by molar-refractivity contribution is 6.32. The molecule has 1 N–H and O–H groups in total. The third-order valence-electron chi connectivity index (χ3n) is 4.60. The summed E-state index contributed by atoms with van der Waals surface area (Å²) < 4.78 is 0. The van der Waals surface area contributed by atoms with E-state index in [-0.39, 0.29) is 16.8 Å². The van der Waals surface area contributed by atoms with E-state index in [4.69, 9.17) is 11.6 Å². The van der Waals surface area contributed by atoms with Crippen molar-refractivity contribution in [1.82, 2.24) is 14.9 Å². The van der Waals surface area contributed by atoms with Crippen molar-refractivity contribution in [2.75, 3.05) is 43.9 Å². The number of rotatable bonds is 5. The van der Waals surface area contributed by atoms with Gasteiger partial charge in [0.25, 0.3) is 5.91 Å². The summed E-state index contributed by atoms with van der Waals surface area (Å²) in [5, 5.41) is 2.91. The molecule has 1 fully saturated rings. The molecule has 138 valence electrons. The van der Waals surface area contributed by atoms with Crippen LogP contribution in [-0.2, 0) is 0 Å². The summed E-state index contributed by atoms with van der Waals surface area (Å²) in [5.74, 6) is 0.414. The molecule has 1 aromatic heterocycles. The van der Waals surface area contributed by atoms with Gasteiger partial charge in [0, 0.05) is 43.4 Å². The van der Waals surface area contributed by atoms with Crippen LogP contribution in [0.5, 0.6) is 0 Å². The third-order valence-corrected chi connectivity index (χ3v) is 4.87. The first-order valence-corrected chi connectivity index (χ1v) is 9.18. The average molecular weight is 374 g/mol. The van der Waals surface area contributed by atoms with Gasteiger partial charge in [-0.25, -0.2) is 9.97 Å². The van der Waals surface area contributed by atoms with Crippen LogP contribution in [0.25, 0.3) is 0 Å². The molecule has 1 aromatic carbocycles. The summed E-state index contributed by atoms with van der Waals surface area (Å²) in [6, 6.07) is 7.90. The topological polar surface area (TPSA) is 61.4 Å². The number of hydrogen-bond donors (Lipinski definition) is 1. The van der Waals surface area contributed by atoms with Crippen molar-refractivity contribution in [3.8, 4) is 0 Å². The van der Waals surface area contributed by atoms with E-state index in [9.17, 15) is 4.79 Å². The Kier molecular flexibility index (Phi) is 6.06. The van der Waals surface area contributed by atoms with Crippen molar-refractivity contribution >= 4 is 28.9 Å². The Bertz CT molecular complexity index is 742. The molecule has 6 nitrogen and oxygen atoms in total. The van der Waals surface area contributed by atoms with Crippen LogP contribution in [-0.4, -0.2) is 54.5 Å². The van der Waals surface area contributed by atoms with Crippen molar-refractivity contribution in [2.45, 2.75) is 12.8 Å². The van der Waals surface area contributed by atoms with Gasteiger partial charge < -0.3 is 15.1 Å². The fourth-order valence-corrected chi connectivity index (χ4v) is 3.50. The second-order valence-electron chi connectivity index (χ2n) is 6.89. The van der Waals surface area contributed by atoms with Crippen LogP contribution in [0.3, 0.4) is 0 Å². The van der Waals surface area contributed by atoms with Crippen molar-refractivity contribution < 1.29 is 4.79 Å². The lowest BCUT2D eigenvalue weighted by atomic mass is 9.96. The van der Waals surface area contributed by atoms with Gasteiger partial charge in [-0.3, -0.25) is 4.79 Å². The molecule has 26 heavy (non-hydrogen) atoms. The Morgan fingerprint density at radius 2 is 1.85 bits per heavy atom. The van der Waals surface area contributed by atoms with Gasteiger partial charge in [0.2, 0.25) is 0 Å². The first-order valence-electron chi connectivity index (χ1n) is 8.80. The Labute approximate surface area is 159 Å². The summed E-state index contributed by atoms with van der Waals surface area (Å²) in [4.78, 5) is 24.7. The summed E-state index contributed by atoms with van der Waals surface area (Å²) in [7, 11) is 4.27. The fraction of sp³-hybridized carbons (Fsp3) is 0.421. The second-order valence-corrected chi connectivity index (χ2v) is 7.25. The molecule has 2 heterocycles. The minimum Gasteiger partial charge on any atom is -0.372 e. The van der Waals surface area contributed by atoms with Gasteiger partial charge in [-0.1, -0.05) is 11.6 Å². The van der Waals surface area contributed by atoms with Gasteiger partial charge in [-0.05, 0) is 57.1 Å². The van der Waals surface area contributed by atoms with Crippen LogP contribution < -0.4 is 10.2 Å². The van der Waals surface area contributed by atoms with Gasteiger partial charge in [-0.2, -0.15) is 0 Å². The molecule has 1 amide bonds. The van der Waals surface area contributed by atoms with Gasteiger partial charge in [0.15, 0.2) is 10.8 Å². The maximum absolute atomic E-state index is 12.2. The van der Waals surface area contributed by atoms with Gasteiger partial charge in [0.1, 0.15) is 0 Å². The van der Waals surface area contributed by atoms with Crippen molar-refractivity contribution in [1.29, 1.82) is 0 Å². The molecule has 0 spiro atoms. The summed E-state index contributed by atoms with van der Waals surface area (Å²) in [6.07, 6.45) is 5.32. The molecule has 2 aromatic rings. The number of amides is 1. The number of carbonyl (C=O) groups is 1. The molecule has 7 heteroatoms. The Balaban J connectivity index is 1.57. The normalized spacial score (nSPS) is 15.3. The zero-order valence-electron chi connectivity index (χ0n) is 15.2. The van der Waals surface area contributed by atoms with Crippen molar-refractivity contribution in [2.24, 2.45) is 5.92 Å². The van der Waals surface area contributed by atoms with E-state index in [1.807, 2.05) is 24.3 Å². The molecule has 0 aliphatic carbocycles. The molecule has 1 saturated heterocycles. The molecule has 3 rings (SSSR count). The number of benzene rings is 1. The van der Waals surface area contributed by atoms with E-state index in [1.165, 1.54) is 30.9 Å². The van der Waals surface area contributed by atoms with E-state index in [1.54, 1.807) is 0 Å². The molecule has 1 aliphatic rings. The Morgan fingerprint density at radius 1 is 1.19 bits per heavy atom. The number of anilines is 2. The fourth-order valence-electron chi connectivity index (χ4n) is 3.31. The van der Waals surface area contributed by atoms with E-state index in [2.05, 4.69) is 39.2 Å². The zero-order chi connectivity index (χ0) is 18.5. The summed E-state index contributed by atoms with van der Waals surface area (Å²) >= 11 is 5.91. The molecule has 0 saturated carbocycles. The Hall–Kier alpha value is -2.18. The van der Waals surface area contributed by atoms with Gasteiger partial charge >= 0.3 is 0 Å². The minimum absolute atomic E-state index is 0.0993. The number of aromatic nitrogens is 2. The third kappa shape index (κ3) is 4.71.